The zero-order valence-corrected chi connectivity index (χ0v) is 9.98. The van der Waals surface area contributed by atoms with Crippen LogP contribution < -0.4 is 9.64 Å². The summed E-state index contributed by atoms with van der Waals surface area (Å²) in [4.78, 5) is 13.3. The largest absolute Gasteiger partial charge is 0.496 e. The van der Waals surface area contributed by atoms with Gasteiger partial charge < -0.3 is 14.7 Å². The number of rotatable bonds is 3. The van der Waals surface area contributed by atoms with Crippen LogP contribution in [0.1, 0.15) is 29.6 Å². The summed E-state index contributed by atoms with van der Waals surface area (Å²) < 4.78 is 5.13. The predicted molar refractivity (Wildman–Crippen MR) is 66.0 cm³/mol. The average Bonchev–Trinajstić information content (AvgIpc) is 2.39. The molecule has 0 atom stereocenters. The number of anilines is 1. The minimum atomic E-state index is -0.952. The number of methoxy groups -OCH3 is 1. The maximum atomic E-state index is 11.0. The van der Waals surface area contributed by atoms with E-state index in [2.05, 4.69) is 4.90 Å². The summed E-state index contributed by atoms with van der Waals surface area (Å²) in [6.07, 6.45) is 3.67. The molecule has 17 heavy (non-hydrogen) atoms. The van der Waals surface area contributed by atoms with Gasteiger partial charge in [0.2, 0.25) is 0 Å². The number of hydrogen-bond acceptors (Lipinski definition) is 3. The SMILES string of the molecule is COc1cc(N2CCCCC2)ccc1C(=O)O. The molecular formula is C13H17NO3. The van der Waals surface area contributed by atoms with Gasteiger partial charge in [-0.1, -0.05) is 0 Å². The Bertz CT molecular complexity index is 411. The molecule has 1 saturated heterocycles. The summed E-state index contributed by atoms with van der Waals surface area (Å²) >= 11 is 0. The molecule has 4 nitrogen and oxygen atoms in total. The molecule has 92 valence electrons. The maximum absolute atomic E-state index is 11.0. The number of carbonyl (C=O) groups is 1. The van der Waals surface area contributed by atoms with E-state index >= 15 is 0 Å². The second-order valence-corrected chi connectivity index (χ2v) is 4.24. The Hall–Kier alpha value is -1.71. The van der Waals surface area contributed by atoms with Crippen molar-refractivity contribution < 1.29 is 14.6 Å². The topological polar surface area (TPSA) is 49.8 Å². The molecule has 0 bridgehead atoms. The monoisotopic (exact) mass is 235 g/mol. The summed E-state index contributed by atoms with van der Waals surface area (Å²) in [5, 5.41) is 9.00. The van der Waals surface area contributed by atoms with Crippen molar-refractivity contribution in [1.82, 2.24) is 0 Å². The Morgan fingerprint density at radius 3 is 2.59 bits per heavy atom. The highest BCUT2D eigenvalue weighted by molar-refractivity contribution is 5.91. The molecule has 0 saturated carbocycles. The molecule has 1 N–H and O–H groups in total. The number of piperidine rings is 1. The molecule has 4 heteroatoms. The van der Waals surface area contributed by atoms with E-state index < -0.39 is 5.97 Å². The second-order valence-electron chi connectivity index (χ2n) is 4.24. The Labute approximate surface area is 101 Å². The van der Waals surface area contributed by atoms with Gasteiger partial charge in [0.25, 0.3) is 0 Å². The van der Waals surface area contributed by atoms with Crippen molar-refractivity contribution in [3.63, 3.8) is 0 Å². The highest BCUT2D eigenvalue weighted by atomic mass is 16.5. The Kier molecular flexibility index (Phi) is 3.52. The van der Waals surface area contributed by atoms with E-state index in [1.165, 1.54) is 26.4 Å². The lowest BCUT2D eigenvalue weighted by Gasteiger charge is -2.29. The summed E-state index contributed by atoms with van der Waals surface area (Å²) in [6, 6.07) is 5.29. The molecule has 1 aromatic rings. The summed E-state index contributed by atoms with van der Waals surface area (Å²) in [7, 11) is 1.50. The van der Waals surface area contributed by atoms with Crippen LogP contribution in [-0.4, -0.2) is 31.3 Å². The number of nitrogens with zero attached hydrogens (tertiary/aromatic N) is 1. The van der Waals surface area contributed by atoms with Gasteiger partial charge in [-0.25, -0.2) is 4.79 Å². The first-order chi connectivity index (χ1) is 8.22. The second kappa shape index (κ2) is 5.08. The maximum Gasteiger partial charge on any atom is 0.339 e. The van der Waals surface area contributed by atoms with Crippen molar-refractivity contribution in [2.45, 2.75) is 19.3 Å². The van der Waals surface area contributed by atoms with Crippen molar-refractivity contribution in [1.29, 1.82) is 0 Å². The fourth-order valence-corrected chi connectivity index (χ4v) is 2.21. The third-order valence-corrected chi connectivity index (χ3v) is 3.14. The van der Waals surface area contributed by atoms with Gasteiger partial charge in [-0.05, 0) is 31.4 Å². The number of hydrogen-bond donors (Lipinski definition) is 1. The molecule has 2 rings (SSSR count). The van der Waals surface area contributed by atoms with Gasteiger partial charge in [-0.3, -0.25) is 0 Å². The van der Waals surface area contributed by atoms with E-state index in [1.54, 1.807) is 6.07 Å². The van der Waals surface area contributed by atoms with Crippen LogP contribution in [-0.2, 0) is 0 Å². The summed E-state index contributed by atoms with van der Waals surface area (Å²) in [5.41, 5.74) is 1.26. The molecular weight excluding hydrogens is 218 g/mol. The van der Waals surface area contributed by atoms with Crippen LogP contribution in [0.15, 0.2) is 18.2 Å². The van der Waals surface area contributed by atoms with Crippen molar-refractivity contribution in [2.75, 3.05) is 25.1 Å². The number of ether oxygens (including phenoxy) is 1. The first kappa shape index (κ1) is 11.8. The van der Waals surface area contributed by atoms with Crippen LogP contribution >= 0.6 is 0 Å². The van der Waals surface area contributed by atoms with Gasteiger partial charge >= 0.3 is 5.97 Å². The highest BCUT2D eigenvalue weighted by Gasteiger charge is 2.15. The number of carboxylic acid groups (broad SMARTS) is 1. The van der Waals surface area contributed by atoms with E-state index in [4.69, 9.17) is 9.84 Å². The Morgan fingerprint density at radius 1 is 1.29 bits per heavy atom. The molecule has 0 spiro atoms. The Balaban J connectivity index is 2.27. The lowest BCUT2D eigenvalue weighted by Crippen LogP contribution is -2.29. The molecule has 0 amide bonds. The van der Waals surface area contributed by atoms with Crippen molar-refractivity contribution in [3.8, 4) is 5.75 Å². The quantitative estimate of drug-likeness (QED) is 0.874. The van der Waals surface area contributed by atoms with E-state index in [0.717, 1.165) is 18.8 Å². The normalized spacial score (nSPS) is 15.7. The zero-order valence-electron chi connectivity index (χ0n) is 9.98. The molecule has 1 aromatic carbocycles. The minimum Gasteiger partial charge on any atom is -0.496 e. The molecule has 0 aliphatic carbocycles. The van der Waals surface area contributed by atoms with Gasteiger partial charge in [0, 0.05) is 24.8 Å². The average molecular weight is 235 g/mol. The van der Waals surface area contributed by atoms with Gasteiger partial charge in [-0.15, -0.1) is 0 Å². The van der Waals surface area contributed by atoms with E-state index in [9.17, 15) is 4.79 Å². The molecule has 1 heterocycles. The third-order valence-electron chi connectivity index (χ3n) is 3.14. The van der Waals surface area contributed by atoms with Crippen LogP contribution in [0.2, 0.25) is 0 Å². The van der Waals surface area contributed by atoms with Gasteiger partial charge in [0.1, 0.15) is 11.3 Å². The van der Waals surface area contributed by atoms with Crippen LogP contribution in [0.4, 0.5) is 5.69 Å². The van der Waals surface area contributed by atoms with Crippen molar-refractivity contribution in [2.24, 2.45) is 0 Å². The van der Waals surface area contributed by atoms with Crippen LogP contribution in [0, 0.1) is 0 Å². The molecule has 1 fully saturated rings. The minimum absolute atomic E-state index is 0.216. The lowest BCUT2D eigenvalue weighted by molar-refractivity contribution is 0.0693. The van der Waals surface area contributed by atoms with Crippen molar-refractivity contribution in [3.05, 3.63) is 23.8 Å². The first-order valence-electron chi connectivity index (χ1n) is 5.88. The van der Waals surface area contributed by atoms with E-state index in [-0.39, 0.29) is 5.56 Å². The smallest absolute Gasteiger partial charge is 0.339 e. The standard InChI is InChI=1S/C13H17NO3/c1-17-12-9-10(5-6-11(12)13(15)16)14-7-3-2-4-8-14/h5-6,9H,2-4,7-8H2,1H3,(H,15,16). The van der Waals surface area contributed by atoms with Gasteiger partial charge in [-0.2, -0.15) is 0 Å². The van der Waals surface area contributed by atoms with Crippen molar-refractivity contribution >= 4 is 11.7 Å². The lowest BCUT2D eigenvalue weighted by atomic mass is 10.1. The number of aromatic carboxylic acids is 1. The molecule has 1 aliphatic heterocycles. The van der Waals surface area contributed by atoms with E-state index in [0.29, 0.717) is 5.75 Å². The summed E-state index contributed by atoms with van der Waals surface area (Å²) in [6.45, 7) is 2.07. The molecule has 0 aromatic heterocycles. The molecule has 0 unspecified atom stereocenters. The van der Waals surface area contributed by atoms with E-state index in [1.807, 2.05) is 12.1 Å². The first-order valence-corrected chi connectivity index (χ1v) is 5.88. The summed E-state index contributed by atoms with van der Waals surface area (Å²) in [5.74, 6) is -0.521. The van der Waals surface area contributed by atoms with Gasteiger partial charge in [0.15, 0.2) is 0 Å². The van der Waals surface area contributed by atoms with Crippen LogP contribution in [0.25, 0.3) is 0 Å². The predicted octanol–water partition coefficient (Wildman–Crippen LogP) is 2.38. The molecule has 1 aliphatic rings. The fourth-order valence-electron chi connectivity index (χ4n) is 2.21. The van der Waals surface area contributed by atoms with Crippen LogP contribution in [0.3, 0.4) is 0 Å². The third kappa shape index (κ3) is 2.52. The number of carboxylic acids is 1. The zero-order chi connectivity index (χ0) is 12.3. The number of benzene rings is 1. The Morgan fingerprint density at radius 2 is 2.00 bits per heavy atom. The molecule has 0 radical (unpaired) electrons. The highest BCUT2D eigenvalue weighted by Crippen LogP contribution is 2.27. The van der Waals surface area contributed by atoms with Crippen LogP contribution in [0.5, 0.6) is 5.75 Å². The van der Waals surface area contributed by atoms with Gasteiger partial charge in [0.05, 0.1) is 7.11 Å². The fraction of sp³-hybridized carbons (Fsp3) is 0.462.